The van der Waals surface area contributed by atoms with E-state index in [4.69, 9.17) is 34.8 Å². The molecule has 0 radical (unpaired) electrons. The maximum absolute atomic E-state index is 12.3. The molecule has 0 aromatic heterocycles. The van der Waals surface area contributed by atoms with Crippen LogP contribution < -0.4 is 4.72 Å². The third-order valence-electron chi connectivity index (χ3n) is 3.10. The molecule has 4 nitrogen and oxygen atoms in total. The normalized spacial score (nSPS) is 15.1. The number of aliphatic hydroxyl groups is 1. The van der Waals surface area contributed by atoms with E-state index in [1.54, 1.807) is 0 Å². The third-order valence-corrected chi connectivity index (χ3v) is 5.78. The number of aliphatic hydroxyl groups excluding tert-OH is 1. The fourth-order valence-electron chi connectivity index (χ4n) is 1.59. The van der Waals surface area contributed by atoms with Gasteiger partial charge >= 0.3 is 0 Å². The summed E-state index contributed by atoms with van der Waals surface area (Å²) in [6.07, 6.45) is 0.725. The molecule has 0 saturated heterocycles. The summed E-state index contributed by atoms with van der Waals surface area (Å²) in [5.74, 6) is -0.0173. The molecule has 1 unspecified atom stereocenters. The van der Waals surface area contributed by atoms with E-state index in [1.165, 1.54) is 12.1 Å². The van der Waals surface area contributed by atoms with Gasteiger partial charge in [0.25, 0.3) is 0 Å². The molecular formula is C12H16Cl3NO3S. The molecule has 0 aliphatic rings. The van der Waals surface area contributed by atoms with Gasteiger partial charge in [0.15, 0.2) is 0 Å². The van der Waals surface area contributed by atoms with Crippen LogP contribution in [-0.4, -0.2) is 26.2 Å². The predicted octanol–water partition coefficient (Wildman–Crippen LogP) is 3.33. The molecule has 0 aliphatic heterocycles. The average molecular weight is 361 g/mol. The fourth-order valence-corrected chi connectivity index (χ4v) is 3.93. The molecule has 20 heavy (non-hydrogen) atoms. The van der Waals surface area contributed by atoms with Gasteiger partial charge in [-0.15, -0.1) is 0 Å². The van der Waals surface area contributed by atoms with Gasteiger partial charge in [-0.3, -0.25) is 0 Å². The molecular weight excluding hydrogens is 345 g/mol. The van der Waals surface area contributed by atoms with Crippen molar-refractivity contribution in [1.82, 2.24) is 4.72 Å². The number of hydrogen-bond donors (Lipinski definition) is 2. The van der Waals surface area contributed by atoms with Crippen molar-refractivity contribution in [2.24, 2.45) is 5.92 Å². The lowest BCUT2D eigenvalue weighted by Gasteiger charge is -2.22. The van der Waals surface area contributed by atoms with E-state index in [1.807, 2.05) is 13.8 Å². The molecule has 8 heteroatoms. The highest BCUT2D eigenvalue weighted by Gasteiger charge is 2.25. The Labute approximate surface area is 134 Å². The van der Waals surface area contributed by atoms with Crippen molar-refractivity contribution >= 4 is 44.8 Å². The van der Waals surface area contributed by atoms with Crippen LogP contribution in [0.4, 0.5) is 0 Å². The van der Waals surface area contributed by atoms with Crippen molar-refractivity contribution in [3.63, 3.8) is 0 Å². The van der Waals surface area contributed by atoms with E-state index in [0.29, 0.717) is 0 Å². The zero-order valence-electron chi connectivity index (χ0n) is 11.0. The SMILES string of the molecule is CC[C@H](C)C(CO)NS(=O)(=O)c1cc(Cl)c(Cl)cc1Cl. The minimum absolute atomic E-state index is 0.0173. The number of hydrogen-bond acceptors (Lipinski definition) is 3. The third kappa shape index (κ3) is 4.23. The molecule has 1 rings (SSSR count). The predicted molar refractivity (Wildman–Crippen MR) is 82.1 cm³/mol. The molecule has 2 atom stereocenters. The van der Waals surface area contributed by atoms with E-state index >= 15 is 0 Å². The van der Waals surface area contributed by atoms with Crippen molar-refractivity contribution in [2.45, 2.75) is 31.2 Å². The number of sulfonamides is 1. The van der Waals surface area contributed by atoms with Gasteiger partial charge in [0.2, 0.25) is 10.0 Å². The molecule has 0 amide bonds. The zero-order valence-corrected chi connectivity index (χ0v) is 14.1. The maximum atomic E-state index is 12.3. The van der Waals surface area contributed by atoms with Gasteiger partial charge in [0.1, 0.15) is 4.90 Å². The molecule has 0 spiro atoms. The lowest BCUT2D eigenvalue weighted by atomic mass is 10.0. The van der Waals surface area contributed by atoms with Gasteiger partial charge in [-0.1, -0.05) is 55.1 Å². The first-order chi connectivity index (χ1) is 9.22. The Kier molecular flexibility index (Phi) is 6.57. The Balaban J connectivity index is 3.14. The van der Waals surface area contributed by atoms with Crippen LogP contribution in [0.5, 0.6) is 0 Å². The summed E-state index contributed by atoms with van der Waals surface area (Å²) >= 11 is 17.5. The lowest BCUT2D eigenvalue weighted by molar-refractivity contribution is 0.219. The molecule has 0 aliphatic carbocycles. The molecule has 0 bridgehead atoms. The van der Waals surface area contributed by atoms with Crippen LogP contribution in [0.15, 0.2) is 17.0 Å². The van der Waals surface area contributed by atoms with E-state index in [-0.39, 0.29) is 32.5 Å². The Morgan fingerprint density at radius 3 is 2.25 bits per heavy atom. The summed E-state index contributed by atoms with van der Waals surface area (Å²) in [5, 5.41) is 9.55. The highest BCUT2D eigenvalue weighted by atomic mass is 35.5. The molecule has 114 valence electrons. The van der Waals surface area contributed by atoms with Gasteiger partial charge in [-0.25, -0.2) is 13.1 Å². The van der Waals surface area contributed by atoms with Crippen LogP contribution >= 0.6 is 34.8 Å². The summed E-state index contributed by atoms with van der Waals surface area (Å²) in [7, 11) is -3.88. The topological polar surface area (TPSA) is 66.4 Å². The zero-order chi connectivity index (χ0) is 15.5. The van der Waals surface area contributed by atoms with E-state index in [9.17, 15) is 13.5 Å². The second-order valence-electron chi connectivity index (χ2n) is 4.49. The first-order valence-electron chi connectivity index (χ1n) is 6.00. The standard InChI is InChI=1S/C12H16Cl3NO3S/c1-3-7(2)11(6-17)16-20(18,19)12-5-9(14)8(13)4-10(12)15/h4-5,7,11,16-17H,3,6H2,1-2H3/t7-,11?/m0/s1. The number of halogens is 3. The van der Waals surface area contributed by atoms with Crippen molar-refractivity contribution in [3.05, 3.63) is 27.2 Å². The molecule has 1 aromatic rings. The number of benzene rings is 1. The maximum Gasteiger partial charge on any atom is 0.242 e. The Morgan fingerprint density at radius 1 is 1.20 bits per heavy atom. The number of nitrogens with one attached hydrogen (secondary N) is 1. The van der Waals surface area contributed by atoms with Gasteiger partial charge in [-0.2, -0.15) is 0 Å². The van der Waals surface area contributed by atoms with Crippen LogP contribution in [-0.2, 0) is 10.0 Å². The van der Waals surface area contributed by atoms with E-state index in [2.05, 4.69) is 4.72 Å². The summed E-state index contributed by atoms with van der Waals surface area (Å²) in [6, 6.07) is 1.88. The van der Waals surface area contributed by atoms with E-state index < -0.39 is 16.1 Å². The van der Waals surface area contributed by atoms with Crippen molar-refractivity contribution in [3.8, 4) is 0 Å². The summed E-state index contributed by atoms with van der Waals surface area (Å²) in [4.78, 5) is -0.157. The minimum atomic E-state index is -3.88. The van der Waals surface area contributed by atoms with Crippen LogP contribution in [0.1, 0.15) is 20.3 Å². The van der Waals surface area contributed by atoms with Crippen LogP contribution in [0.3, 0.4) is 0 Å². The van der Waals surface area contributed by atoms with Crippen molar-refractivity contribution in [1.29, 1.82) is 0 Å². The number of rotatable bonds is 6. The molecule has 0 fully saturated rings. The van der Waals surface area contributed by atoms with Gasteiger partial charge in [0, 0.05) is 6.04 Å². The van der Waals surface area contributed by atoms with Gasteiger partial charge < -0.3 is 5.11 Å². The second kappa shape index (κ2) is 7.29. The molecule has 0 saturated carbocycles. The van der Waals surface area contributed by atoms with Crippen LogP contribution in [0.25, 0.3) is 0 Å². The van der Waals surface area contributed by atoms with Crippen molar-refractivity contribution < 1.29 is 13.5 Å². The Hall–Kier alpha value is -0.0400. The molecule has 0 heterocycles. The van der Waals surface area contributed by atoms with Crippen LogP contribution in [0, 0.1) is 5.92 Å². The van der Waals surface area contributed by atoms with Gasteiger partial charge in [0.05, 0.1) is 21.7 Å². The Bertz CT molecular complexity index is 578. The highest BCUT2D eigenvalue weighted by molar-refractivity contribution is 7.89. The lowest BCUT2D eigenvalue weighted by Crippen LogP contribution is -2.41. The van der Waals surface area contributed by atoms with Crippen molar-refractivity contribution in [2.75, 3.05) is 6.61 Å². The average Bonchev–Trinajstić information content (AvgIpc) is 2.39. The quantitative estimate of drug-likeness (QED) is 0.765. The molecule has 1 aromatic carbocycles. The molecule has 2 N–H and O–H groups in total. The summed E-state index contributed by atoms with van der Waals surface area (Å²) < 4.78 is 27.0. The van der Waals surface area contributed by atoms with Gasteiger partial charge in [-0.05, 0) is 18.1 Å². The first kappa shape index (κ1) is 18.0. The van der Waals surface area contributed by atoms with Crippen LogP contribution in [0.2, 0.25) is 15.1 Å². The monoisotopic (exact) mass is 359 g/mol. The largest absolute Gasteiger partial charge is 0.395 e. The van der Waals surface area contributed by atoms with E-state index in [0.717, 1.165) is 6.42 Å². The Morgan fingerprint density at radius 2 is 1.75 bits per heavy atom. The highest BCUT2D eigenvalue weighted by Crippen LogP contribution is 2.31. The fraction of sp³-hybridized carbons (Fsp3) is 0.500. The minimum Gasteiger partial charge on any atom is -0.395 e. The summed E-state index contributed by atoms with van der Waals surface area (Å²) in [6.45, 7) is 3.46. The first-order valence-corrected chi connectivity index (χ1v) is 8.62. The summed E-state index contributed by atoms with van der Waals surface area (Å²) in [5.41, 5.74) is 0. The second-order valence-corrected chi connectivity index (χ2v) is 7.40. The smallest absolute Gasteiger partial charge is 0.242 e.